The van der Waals surface area contributed by atoms with Gasteiger partial charge in [-0.1, -0.05) is 17.7 Å². The minimum absolute atomic E-state index is 0. The maximum Gasteiger partial charge on any atom is 0.387 e. The van der Waals surface area contributed by atoms with Gasteiger partial charge in [-0.2, -0.15) is 8.78 Å². The molecule has 1 aliphatic rings. The molecule has 0 radical (unpaired) electrons. The fourth-order valence-corrected chi connectivity index (χ4v) is 2.91. The molecule has 1 atom stereocenters. The molecule has 0 aliphatic carbocycles. The van der Waals surface area contributed by atoms with E-state index in [0.717, 1.165) is 18.7 Å². The summed E-state index contributed by atoms with van der Waals surface area (Å²) in [5.41, 5.74) is 1.67. The van der Waals surface area contributed by atoms with Gasteiger partial charge >= 0.3 is 6.61 Å². The van der Waals surface area contributed by atoms with Crippen molar-refractivity contribution in [3.63, 3.8) is 0 Å². The van der Waals surface area contributed by atoms with Crippen LogP contribution in [0.25, 0.3) is 0 Å². The topological polar surface area (TPSA) is 48.9 Å². The lowest BCUT2D eigenvalue weighted by Gasteiger charge is -2.21. The van der Waals surface area contributed by atoms with E-state index < -0.39 is 6.61 Å². The van der Waals surface area contributed by atoms with E-state index >= 15 is 0 Å². The van der Waals surface area contributed by atoms with E-state index in [1.54, 1.807) is 19.2 Å². The summed E-state index contributed by atoms with van der Waals surface area (Å²) < 4.78 is 29.6. The Morgan fingerprint density at radius 1 is 1.40 bits per heavy atom. The Morgan fingerprint density at radius 2 is 2.16 bits per heavy atom. The van der Waals surface area contributed by atoms with Gasteiger partial charge in [-0.25, -0.2) is 0 Å². The number of guanidine groups is 1. The lowest BCUT2D eigenvalue weighted by Crippen LogP contribution is -2.43. The first-order valence-corrected chi connectivity index (χ1v) is 8.18. The first-order valence-electron chi connectivity index (χ1n) is 8.18. The summed E-state index contributed by atoms with van der Waals surface area (Å²) >= 11 is 0. The van der Waals surface area contributed by atoms with Crippen LogP contribution in [0.2, 0.25) is 0 Å². The van der Waals surface area contributed by atoms with Crippen molar-refractivity contribution in [3.8, 4) is 5.75 Å². The van der Waals surface area contributed by atoms with E-state index in [4.69, 9.17) is 0 Å². The highest BCUT2D eigenvalue weighted by Crippen LogP contribution is 2.22. The lowest BCUT2D eigenvalue weighted by atomic mass is 10.1. The average Bonchev–Trinajstić information content (AvgIpc) is 2.94. The van der Waals surface area contributed by atoms with Crippen LogP contribution in [0.4, 0.5) is 8.78 Å². The van der Waals surface area contributed by atoms with Gasteiger partial charge < -0.3 is 20.3 Å². The monoisotopic (exact) mass is 468 g/mol. The molecule has 142 valence electrons. The first kappa shape index (κ1) is 21.9. The number of benzene rings is 1. The van der Waals surface area contributed by atoms with E-state index in [9.17, 15) is 8.78 Å². The predicted octanol–water partition coefficient (Wildman–Crippen LogP) is 2.97. The average molecular weight is 468 g/mol. The summed E-state index contributed by atoms with van der Waals surface area (Å²) in [4.78, 5) is 6.52. The van der Waals surface area contributed by atoms with Crippen LogP contribution < -0.4 is 15.4 Å². The van der Waals surface area contributed by atoms with Gasteiger partial charge in [-0.05, 0) is 39.4 Å². The Balaban J connectivity index is 0.00000312. The third kappa shape index (κ3) is 6.93. The summed E-state index contributed by atoms with van der Waals surface area (Å²) in [5.74, 6) is 0.842. The number of hydrogen-bond donors (Lipinski definition) is 2. The molecule has 0 bridgehead atoms. The fraction of sp³-hybridized carbons (Fsp3) is 0.588. The number of aliphatic imine (C=N–C) groups is 1. The molecular formula is C17H27F2IN4O. The van der Waals surface area contributed by atoms with Gasteiger partial charge in [-0.15, -0.1) is 24.0 Å². The van der Waals surface area contributed by atoms with Crippen LogP contribution in [0.5, 0.6) is 5.75 Å². The van der Waals surface area contributed by atoms with E-state index in [0.29, 0.717) is 24.1 Å². The highest BCUT2D eigenvalue weighted by molar-refractivity contribution is 14.0. The molecule has 1 aromatic rings. The molecule has 0 spiro atoms. The van der Waals surface area contributed by atoms with Crippen molar-refractivity contribution >= 4 is 29.9 Å². The molecule has 25 heavy (non-hydrogen) atoms. The summed E-state index contributed by atoms with van der Waals surface area (Å²) in [7, 11) is 3.82. The SMILES string of the molecule is CN=C(NCc1cc(C)ccc1OC(F)F)NCC1CCCN1C.I. The van der Waals surface area contributed by atoms with Crippen LogP contribution in [0.15, 0.2) is 23.2 Å². The molecule has 8 heteroatoms. The Bertz CT molecular complexity index is 572. The number of likely N-dealkylation sites (N-methyl/N-ethyl adjacent to an activating group) is 1. The predicted molar refractivity (Wildman–Crippen MR) is 107 cm³/mol. The maximum absolute atomic E-state index is 12.5. The molecule has 1 fully saturated rings. The van der Waals surface area contributed by atoms with Gasteiger partial charge in [0, 0.05) is 31.7 Å². The molecule has 2 N–H and O–H groups in total. The number of halogens is 3. The van der Waals surface area contributed by atoms with Crippen molar-refractivity contribution < 1.29 is 13.5 Å². The third-order valence-corrected chi connectivity index (χ3v) is 4.28. The van der Waals surface area contributed by atoms with Gasteiger partial charge in [0.1, 0.15) is 5.75 Å². The van der Waals surface area contributed by atoms with Gasteiger partial charge in [0.25, 0.3) is 0 Å². The molecule has 2 rings (SSSR count). The van der Waals surface area contributed by atoms with Gasteiger partial charge in [0.2, 0.25) is 0 Å². The Morgan fingerprint density at radius 3 is 2.76 bits per heavy atom. The van der Waals surface area contributed by atoms with Gasteiger partial charge in [-0.3, -0.25) is 4.99 Å². The number of likely N-dealkylation sites (tertiary alicyclic amines) is 1. The number of rotatable bonds is 6. The van der Waals surface area contributed by atoms with Crippen LogP contribution in [0, 0.1) is 6.92 Å². The van der Waals surface area contributed by atoms with Crippen molar-refractivity contribution in [3.05, 3.63) is 29.3 Å². The molecule has 0 aromatic heterocycles. The molecule has 1 aliphatic heterocycles. The number of ether oxygens (including phenoxy) is 1. The Hall–Kier alpha value is -1.16. The van der Waals surface area contributed by atoms with Crippen molar-refractivity contribution in [1.29, 1.82) is 0 Å². The van der Waals surface area contributed by atoms with Crippen LogP contribution in [-0.2, 0) is 6.54 Å². The minimum Gasteiger partial charge on any atom is -0.434 e. The zero-order chi connectivity index (χ0) is 17.5. The van der Waals surface area contributed by atoms with Crippen molar-refractivity contribution in [2.75, 3.05) is 27.2 Å². The fourth-order valence-electron chi connectivity index (χ4n) is 2.91. The molecule has 5 nitrogen and oxygen atoms in total. The second-order valence-electron chi connectivity index (χ2n) is 6.07. The number of aryl methyl sites for hydroxylation is 1. The van der Waals surface area contributed by atoms with Gasteiger partial charge in [0.05, 0.1) is 0 Å². The molecule has 1 saturated heterocycles. The molecular weight excluding hydrogens is 441 g/mol. The number of alkyl halides is 2. The summed E-state index contributed by atoms with van der Waals surface area (Å²) in [6, 6.07) is 5.66. The van der Waals surface area contributed by atoms with E-state index in [2.05, 4.69) is 32.3 Å². The van der Waals surface area contributed by atoms with Crippen LogP contribution in [-0.4, -0.2) is 50.7 Å². The Kier molecular flexibility index (Phi) is 9.41. The van der Waals surface area contributed by atoms with Crippen LogP contribution in [0.3, 0.4) is 0 Å². The van der Waals surface area contributed by atoms with Crippen molar-refractivity contribution in [2.24, 2.45) is 4.99 Å². The number of hydrogen-bond acceptors (Lipinski definition) is 3. The second-order valence-corrected chi connectivity index (χ2v) is 6.07. The maximum atomic E-state index is 12.5. The van der Waals surface area contributed by atoms with Crippen molar-refractivity contribution in [1.82, 2.24) is 15.5 Å². The summed E-state index contributed by atoms with van der Waals surface area (Å²) in [6.45, 7) is 1.38. The van der Waals surface area contributed by atoms with Crippen LogP contribution in [0.1, 0.15) is 24.0 Å². The minimum atomic E-state index is -2.83. The van der Waals surface area contributed by atoms with E-state index in [-0.39, 0.29) is 29.7 Å². The summed E-state index contributed by atoms with van der Waals surface area (Å²) in [5, 5.41) is 6.46. The zero-order valence-corrected chi connectivity index (χ0v) is 17.2. The standard InChI is InChI=1S/C17H26F2N4O.HI/c1-12-6-7-15(24-16(18)19)13(9-12)10-21-17(20-2)22-11-14-5-4-8-23(14)3;/h6-7,9,14,16H,4-5,8,10-11H2,1-3H3,(H2,20,21,22);1H. The normalized spacial score (nSPS) is 18.2. The van der Waals surface area contributed by atoms with Crippen LogP contribution >= 0.6 is 24.0 Å². The molecule has 1 aromatic carbocycles. The highest BCUT2D eigenvalue weighted by atomic mass is 127. The quantitative estimate of drug-likeness (QED) is 0.383. The first-order chi connectivity index (χ1) is 11.5. The molecule has 1 unspecified atom stereocenters. The second kappa shape index (κ2) is 10.7. The number of nitrogens with zero attached hydrogens (tertiary/aromatic N) is 2. The van der Waals surface area contributed by atoms with Gasteiger partial charge in [0.15, 0.2) is 5.96 Å². The smallest absolute Gasteiger partial charge is 0.387 e. The molecule has 1 heterocycles. The van der Waals surface area contributed by atoms with Crippen molar-refractivity contribution in [2.45, 2.75) is 39.0 Å². The number of nitrogens with one attached hydrogen (secondary N) is 2. The largest absolute Gasteiger partial charge is 0.434 e. The summed E-state index contributed by atoms with van der Waals surface area (Å²) in [6.07, 6.45) is 2.39. The van der Waals surface area contributed by atoms with E-state index in [1.165, 1.54) is 12.8 Å². The highest BCUT2D eigenvalue weighted by Gasteiger charge is 2.20. The third-order valence-electron chi connectivity index (χ3n) is 4.28. The Labute approximate surface area is 165 Å². The zero-order valence-electron chi connectivity index (χ0n) is 14.9. The van der Waals surface area contributed by atoms with E-state index in [1.807, 2.05) is 13.0 Å². The lowest BCUT2D eigenvalue weighted by molar-refractivity contribution is -0.0504. The molecule has 0 saturated carbocycles. The molecule has 0 amide bonds.